The molecular weight excluding hydrogens is 276 g/mol. The van der Waals surface area contributed by atoms with Gasteiger partial charge in [-0.1, -0.05) is 23.4 Å². The Kier molecular flexibility index (Phi) is 4.78. The molecule has 0 atom stereocenters. The lowest BCUT2D eigenvalue weighted by Crippen LogP contribution is -2.35. The van der Waals surface area contributed by atoms with E-state index in [-0.39, 0.29) is 18.4 Å². The van der Waals surface area contributed by atoms with Crippen molar-refractivity contribution in [3.05, 3.63) is 28.8 Å². The molecule has 0 spiro atoms. The van der Waals surface area contributed by atoms with E-state index in [1.54, 1.807) is 18.2 Å². The Morgan fingerprint density at radius 1 is 1.20 bits per heavy atom. The smallest absolute Gasteiger partial charge is 0.233 e. The van der Waals surface area contributed by atoms with Crippen LogP contribution in [0, 0.1) is 11.8 Å². The monoisotopic (exact) mass is 290 g/mol. The van der Waals surface area contributed by atoms with E-state index in [4.69, 9.17) is 17.3 Å². The van der Waals surface area contributed by atoms with Gasteiger partial charge >= 0.3 is 0 Å². The van der Waals surface area contributed by atoms with Gasteiger partial charge in [0.05, 0.1) is 17.8 Å². The van der Waals surface area contributed by atoms with Crippen LogP contribution in [0.4, 0.5) is 5.69 Å². The topological polar surface area (TPSA) is 63.4 Å². The predicted molar refractivity (Wildman–Crippen MR) is 78.3 cm³/mol. The molecule has 0 aliphatic carbocycles. The Balaban J connectivity index is 2.49. The minimum Gasteiger partial charge on any atom is -0.320 e. The van der Waals surface area contributed by atoms with Gasteiger partial charge in [0.25, 0.3) is 0 Å². The van der Waals surface area contributed by atoms with Crippen molar-refractivity contribution in [2.75, 3.05) is 11.4 Å². The van der Waals surface area contributed by atoms with Gasteiger partial charge in [0, 0.05) is 17.9 Å². The molecule has 1 aliphatic heterocycles. The molecule has 0 saturated carbocycles. The van der Waals surface area contributed by atoms with E-state index in [0.29, 0.717) is 29.1 Å². The van der Waals surface area contributed by atoms with Crippen LogP contribution in [-0.2, 0) is 9.59 Å². The molecule has 1 saturated heterocycles. The Hall–Kier alpha value is -1.83. The Morgan fingerprint density at radius 3 is 2.45 bits per heavy atom. The third-order valence-corrected chi connectivity index (χ3v) is 3.29. The standard InChI is InChI=1S/C15H15ClN2O2/c16-12-7-8-13(11(10-12)4-3-9-17)18-14(19)5-1-2-6-15(18)20/h7-8,10H,1-2,5-6,9,17H2. The third kappa shape index (κ3) is 3.19. The van der Waals surface area contributed by atoms with Gasteiger partial charge in [-0.3, -0.25) is 9.59 Å². The number of rotatable bonds is 1. The first kappa shape index (κ1) is 14.6. The maximum absolute atomic E-state index is 12.1. The second-order valence-corrected chi connectivity index (χ2v) is 4.93. The zero-order valence-electron chi connectivity index (χ0n) is 11.0. The zero-order chi connectivity index (χ0) is 14.5. The fourth-order valence-corrected chi connectivity index (χ4v) is 2.31. The highest BCUT2D eigenvalue weighted by molar-refractivity contribution is 6.31. The summed E-state index contributed by atoms with van der Waals surface area (Å²) in [6.45, 7) is 0.202. The largest absolute Gasteiger partial charge is 0.320 e. The van der Waals surface area contributed by atoms with Crippen molar-refractivity contribution < 1.29 is 9.59 Å². The van der Waals surface area contributed by atoms with Crippen LogP contribution in [-0.4, -0.2) is 18.4 Å². The minimum atomic E-state index is -0.189. The summed E-state index contributed by atoms with van der Waals surface area (Å²) in [5.41, 5.74) is 6.41. The van der Waals surface area contributed by atoms with Crippen molar-refractivity contribution in [1.29, 1.82) is 0 Å². The van der Waals surface area contributed by atoms with Crippen molar-refractivity contribution in [1.82, 2.24) is 0 Å². The molecule has 2 rings (SSSR count). The number of amides is 2. The first-order valence-corrected chi connectivity index (χ1v) is 6.85. The average Bonchev–Trinajstić information content (AvgIpc) is 2.59. The van der Waals surface area contributed by atoms with E-state index < -0.39 is 0 Å². The van der Waals surface area contributed by atoms with E-state index >= 15 is 0 Å². The first-order valence-electron chi connectivity index (χ1n) is 6.47. The molecule has 0 radical (unpaired) electrons. The van der Waals surface area contributed by atoms with Gasteiger partial charge in [-0.2, -0.15) is 0 Å². The van der Waals surface area contributed by atoms with Crippen molar-refractivity contribution in [2.24, 2.45) is 5.73 Å². The number of benzene rings is 1. The van der Waals surface area contributed by atoms with Gasteiger partial charge in [-0.25, -0.2) is 4.90 Å². The number of halogens is 1. The van der Waals surface area contributed by atoms with Crippen molar-refractivity contribution in [2.45, 2.75) is 25.7 Å². The fraction of sp³-hybridized carbons (Fsp3) is 0.333. The fourth-order valence-electron chi connectivity index (χ4n) is 2.13. The van der Waals surface area contributed by atoms with Gasteiger partial charge in [0.1, 0.15) is 0 Å². The molecule has 1 aromatic carbocycles. The number of carbonyl (C=O) groups is 2. The summed E-state index contributed by atoms with van der Waals surface area (Å²) in [6.07, 6.45) is 2.22. The van der Waals surface area contributed by atoms with Gasteiger partial charge in [-0.05, 0) is 31.0 Å². The molecule has 20 heavy (non-hydrogen) atoms. The molecule has 5 heteroatoms. The van der Waals surface area contributed by atoms with Crippen LogP contribution in [0.25, 0.3) is 0 Å². The Bertz CT molecular complexity index is 584. The molecule has 0 bridgehead atoms. The van der Waals surface area contributed by atoms with Crippen LogP contribution in [0.2, 0.25) is 5.02 Å². The number of nitrogens with two attached hydrogens (primary N) is 1. The summed E-state index contributed by atoms with van der Waals surface area (Å²) in [6, 6.07) is 4.95. The highest BCUT2D eigenvalue weighted by Crippen LogP contribution is 2.27. The molecule has 1 aromatic rings. The Labute approximate surface area is 122 Å². The van der Waals surface area contributed by atoms with Crippen LogP contribution in [0.5, 0.6) is 0 Å². The van der Waals surface area contributed by atoms with Crippen molar-refractivity contribution in [3.63, 3.8) is 0 Å². The Morgan fingerprint density at radius 2 is 1.85 bits per heavy atom. The number of nitrogens with zero attached hydrogens (tertiary/aromatic N) is 1. The summed E-state index contributed by atoms with van der Waals surface area (Å²) in [5, 5.41) is 0.504. The normalized spacial score (nSPS) is 15.6. The van der Waals surface area contributed by atoms with E-state index in [2.05, 4.69) is 11.8 Å². The van der Waals surface area contributed by atoms with Gasteiger partial charge in [0.15, 0.2) is 0 Å². The minimum absolute atomic E-state index is 0.189. The van der Waals surface area contributed by atoms with Crippen LogP contribution in [0.15, 0.2) is 18.2 Å². The number of hydrogen-bond acceptors (Lipinski definition) is 3. The highest BCUT2D eigenvalue weighted by atomic mass is 35.5. The van der Waals surface area contributed by atoms with Crippen LogP contribution in [0.3, 0.4) is 0 Å². The zero-order valence-corrected chi connectivity index (χ0v) is 11.7. The quantitative estimate of drug-likeness (QED) is 0.636. The molecule has 0 aromatic heterocycles. The molecule has 1 fully saturated rings. The van der Waals surface area contributed by atoms with E-state index in [0.717, 1.165) is 12.8 Å². The summed E-state index contributed by atoms with van der Waals surface area (Å²) in [7, 11) is 0. The van der Waals surface area contributed by atoms with Crippen LogP contribution < -0.4 is 10.6 Å². The second kappa shape index (κ2) is 6.56. The number of hydrogen-bond donors (Lipinski definition) is 1. The maximum Gasteiger partial charge on any atom is 0.233 e. The van der Waals surface area contributed by atoms with Gasteiger partial charge in [0.2, 0.25) is 11.8 Å². The lowest BCUT2D eigenvalue weighted by molar-refractivity contribution is -0.125. The average molecular weight is 291 g/mol. The number of imide groups is 1. The molecule has 104 valence electrons. The summed E-state index contributed by atoms with van der Waals surface area (Å²) >= 11 is 5.95. The van der Waals surface area contributed by atoms with Crippen molar-refractivity contribution in [3.8, 4) is 11.8 Å². The lowest BCUT2D eigenvalue weighted by Gasteiger charge is -2.20. The molecule has 4 nitrogen and oxygen atoms in total. The first-order chi connectivity index (χ1) is 9.63. The predicted octanol–water partition coefficient (Wildman–Crippen LogP) is 2.08. The van der Waals surface area contributed by atoms with E-state index in [1.807, 2.05) is 0 Å². The SMILES string of the molecule is NCC#Cc1cc(Cl)ccc1N1C(=O)CCCCC1=O. The molecular formula is C15H15ClN2O2. The molecule has 2 amide bonds. The van der Waals surface area contributed by atoms with Crippen LogP contribution in [0.1, 0.15) is 31.2 Å². The van der Waals surface area contributed by atoms with Gasteiger partial charge < -0.3 is 5.73 Å². The summed E-state index contributed by atoms with van der Waals surface area (Å²) in [4.78, 5) is 25.5. The molecule has 0 unspecified atom stereocenters. The van der Waals surface area contributed by atoms with E-state index in [9.17, 15) is 9.59 Å². The number of carbonyl (C=O) groups excluding carboxylic acids is 2. The lowest BCUT2D eigenvalue weighted by atomic mass is 10.1. The summed E-state index contributed by atoms with van der Waals surface area (Å²) in [5.74, 6) is 5.21. The highest BCUT2D eigenvalue weighted by Gasteiger charge is 2.27. The van der Waals surface area contributed by atoms with Crippen molar-refractivity contribution >= 4 is 29.1 Å². The third-order valence-electron chi connectivity index (χ3n) is 3.05. The maximum atomic E-state index is 12.1. The van der Waals surface area contributed by atoms with Crippen LogP contribution >= 0.6 is 11.6 Å². The second-order valence-electron chi connectivity index (χ2n) is 4.50. The molecule has 1 aliphatic rings. The molecule has 2 N–H and O–H groups in total. The molecule has 1 heterocycles. The summed E-state index contributed by atoms with van der Waals surface area (Å²) < 4.78 is 0. The van der Waals surface area contributed by atoms with E-state index in [1.165, 1.54) is 4.90 Å². The van der Waals surface area contributed by atoms with Gasteiger partial charge in [-0.15, -0.1) is 0 Å². The number of anilines is 1.